The molecule has 0 aliphatic carbocycles. The Balaban J connectivity index is 1.91. The molecule has 2 aromatic carbocycles. The van der Waals surface area contributed by atoms with E-state index in [2.05, 4.69) is 20.9 Å². The maximum absolute atomic E-state index is 13.1. The minimum atomic E-state index is -0.0498. The Morgan fingerprint density at radius 1 is 1.15 bits per heavy atom. The van der Waals surface area contributed by atoms with Crippen molar-refractivity contribution >= 4 is 68.0 Å². The van der Waals surface area contributed by atoms with Crippen LogP contribution in [-0.2, 0) is 11.4 Å². The van der Waals surface area contributed by atoms with Gasteiger partial charge in [0.15, 0.2) is 16.7 Å². The number of halogens is 3. The van der Waals surface area contributed by atoms with Crippen molar-refractivity contribution in [1.29, 1.82) is 0 Å². The van der Waals surface area contributed by atoms with E-state index in [1.54, 1.807) is 17.0 Å². The van der Waals surface area contributed by atoms with Crippen LogP contribution in [0.3, 0.4) is 0 Å². The van der Waals surface area contributed by atoms with Gasteiger partial charge in [0.2, 0.25) is 0 Å². The van der Waals surface area contributed by atoms with Crippen molar-refractivity contribution < 1.29 is 14.3 Å². The van der Waals surface area contributed by atoms with Crippen LogP contribution in [-0.4, -0.2) is 34.7 Å². The lowest BCUT2D eigenvalue weighted by atomic mass is 10.1. The standard InChI is InChI=1S/C25H27BrCl2N2O3S/c1-6-32-21-10-16(11-22-24(31)30(15(4)5)25(34-22)29-14(2)3)9-19(26)23(21)33-13-17-7-8-18(27)12-20(17)28/h7-12,14-15H,6,13H2,1-5H3/b22-11+,29-25?. The number of thioether (sulfide) groups is 1. The highest BCUT2D eigenvalue weighted by Gasteiger charge is 2.35. The summed E-state index contributed by atoms with van der Waals surface area (Å²) in [6.45, 7) is 10.6. The van der Waals surface area contributed by atoms with Gasteiger partial charge in [0.05, 0.1) is 16.0 Å². The number of benzene rings is 2. The summed E-state index contributed by atoms with van der Waals surface area (Å²) in [6, 6.07) is 9.17. The topological polar surface area (TPSA) is 51.1 Å². The van der Waals surface area contributed by atoms with E-state index in [-0.39, 0.29) is 24.6 Å². The van der Waals surface area contributed by atoms with E-state index in [0.29, 0.717) is 37.5 Å². The lowest BCUT2D eigenvalue weighted by molar-refractivity contribution is -0.123. The maximum atomic E-state index is 13.1. The summed E-state index contributed by atoms with van der Waals surface area (Å²) in [7, 11) is 0. The molecule has 0 radical (unpaired) electrons. The van der Waals surface area contributed by atoms with Gasteiger partial charge in [0.25, 0.3) is 5.91 Å². The van der Waals surface area contributed by atoms with Crippen molar-refractivity contribution in [2.24, 2.45) is 4.99 Å². The summed E-state index contributed by atoms with van der Waals surface area (Å²) in [4.78, 5) is 20.1. The van der Waals surface area contributed by atoms with Gasteiger partial charge in [-0.3, -0.25) is 14.7 Å². The van der Waals surface area contributed by atoms with Crippen LogP contribution in [0.2, 0.25) is 10.0 Å². The van der Waals surface area contributed by atoms with E-state index in [0.717, 1.165) is 16.3 Å². The summed E-state index contributed by atoms with van der Waals surface area (Å²) in [6.07, 6.45) is 1.86. The highest BCUT2D eigenvalue weighted by Crippen LogP contribution is 2.40. The van der Waals surface area contributed by atoms with Crippen molar-refractivity contribution in [3.63, 3.8) is 0 Å². The zero-order chi connectivity index (χ0) is 25.0. The fourth-order valence-corrected chi connectivity index (χ4v) is 5.54. The molecule has 0 atom stereocenters. The van der Waals surface area contributed by atoms with Gasteiger partial charge in [-0.1, -0.05) is 29.3 Å². The molecule has 0 saturated carbocycles. The Morgan fingerprint density at radius 2 is 1.88 bits per heavy atom. The van der Waals surface area contributed by atoms with E-state index in [1.807, 2.05) is 58.9 Å². The third-order valence-electron chi connectivity index (χ3n) is 4.74. The number of amides is 1. The summed E-state index contributed by atoms with van der Waals surface area (Å²) in [5.41, 5.74) is 1.63. The predicted molar refractivity (Wildman–Crippen MR) is 146 cm³/mol. The number of amidine groups is 1. The largest absolute Gasteiger partial charge is 0.490 e. The lowest BCUT2D eigenvalue weighted by Crippen LogP contribution is -2.35. The molecule has 5 nitrogen and oxygen atoms in total. The van der Waals surface area contributed by atoms with E-state index in [1.165, 1.54) is 11.8 Å². The number of nitrogens with zero attached hydrogens (tertiary/aromatic N) is 2. The van der Waals surface area contributed by atoms with Gasteiger partial charge in [-0.15, -0.1) is 0 Å². The molecule has 0 bridgehead atoms. The van der Waals surface area contributed by atoms with Crippen LogP contribution in [0.4, 0.5) is 0 Å². The van der Waals surface area contributed by atoms with Gasteiger partial charge in [0, 0.05) is 27.7 Å². The first-order valence-electron chi connectivity index (χ1n) is 10.9. The second kappa shape index (κ2) is 11.8. The molecule has 1 aliphatic rings. The lowest BCUT2D eigenvalue weighted by Gasteiger charge is -2.20. The zero-order valence-corrected chi connectivity index (χ0v) is 23.6. The van der Waals surface area contributed by atoms with Crippen LogP contribution < -0.4 is 9.47 Å². The second-order valence-corrected chi connectivity index (χ2v) is 10.9. The number of rotatable bonds is 8. The monoisotopic (exact) mass is 584 g/mol. The van der Waals surface area contributed by atoms with Crippen LogP contribution >= 0.6 is 50.9 Å². The third kappa shape index (κ3) is 6.51. The van der Waals surface area contributed by atoms with Crippen molar-refractivity contribution in [2.45, 2.75) is 53.3 Å². The van der Waals surface area contributed by atoms with Gasteiger partial charge >= 0.3 is 0 Å². The molecule has 0 aromatic heterocycles. The van der Waals surface area contributed by atoms with Crippen molar-refractivity contribution in [3.05, 3.63) is 60.9 Å². The number of carbonyl (C=O) groups is 1. The normalized spacial score (nSPS) is 16.4. The highest BCUT2D eigenvalue weighted by atomic mass is 79.9. The Bertz CT molecular complexity index is 1140. The van der Waals surface area contributed by atoms with E-state index in [4.69, 9.17) is 32.7 Å². The Morgan fingerprint density at radius 3 is 2.50 bits per heavy atom. The first-order valence-corrected chi connectivity index (χ1v) is 13.3. The Labute approximate surface area is 223 Å². The van der Waals surface area contributed by atoms with Gasteiger partial charge in [-0.2, -0.15) is 0 Å². The molecular formula is C25H27BrCl2N2O3S. The van der Waals surface area contributed by atoms with Gasteiger partial charge in [-0.05, 0) is 98.2 Å². The van der Waals surface area contributed by atoms with Crippen LogP contribution in [0.15, 0.2) is 44.7 Å². The number of hydrogen-bond acceptors (Lipinski definition) is 5. The molecule has 34 heavy (non-hydrogen) atoms. The van der Waals surface area contributed by atoms with E-state index in [9.17, 15) is 4.79 Å². The summed E-state index contributed by atoms with van der Waals surface area (Å²) < 4.78 is 12.6. The zero-order valence-electron chi connectivity index (χ0n) is 19.7. The summed E-state index contributed by atoms with van der Waals surface area (Å²) >= 11 is 17.3. The van der Waals surface area contributed by atoms with E-state index < -0.39 is 0 Å². The minimum Gasteiger partial charge on any atom is -0.490 e. The molecule has 1 fully saturated rings. The van der Waals surface area contributed by atoms with Gasteiger partial charge in [-0.25, -0.2) is 0 Å². The molecule has 1 amide bonds. The van der Waals surface area contributed by atoms with Crippen molar-refractivity contribution in [2.75, 3.05) is 6.61 Å². The molecule has 2 aromatic rings. The highest BCUT2D eigenvalue weighted by molar-refractivity contribution is 9.10. The molecule has 0 spiro atoms. The molecule has 1 heterocycles. The quantitative estimate of drug-likeness (QED) is 0.296. The van der Waals surface area contributed by atoms with Crippen molar-refractivity contribution in [1.82, 2.24) is 4.90 Å². The molecule has 3 rings (SSSR count). The summed E-state index contributed by atoms with van der Waals surface area (Å²) in [5.74, 6) is 1.08. The maximum Gasteiger partial charge on any atom is 0.266 e. The molecule has 1 saturated heterocycles. The van der Waals surface area contributed by atoms with Crippen LogP contribution in [0, 0.1) is 0 Å². The van der Waals surface area contributed by atoms with E-state index >= 15 is 0 Å². The number of aliphatic imine (C=N–C) groups is 1. The SMILES string of the molecule is CCOc1cc(/C=C2/SC(=NC(C)C)N(C(C)C)C2=O)cc(Br)c1OCc1ccc(Cl)cc1Cl. The third-order valence-corrected chi connectivity index (χ3v) is 6.91. The Kier molecular flexibility index (Phi) is 9.38. The fraction of sp³-hybridized carbons (Fsp3) is 0.360. The number of hydrogen-bond donors (Lipinski definition) is 0. The summed E-state index contributed by atoms with van der Waals surface area (Å²) in [5, 5.41) is 1.83. The minimum absolute atomic E-state index is 0.0181. The van der Waals surface area contributed by atoms with Crippen LogP contribution in [0.25, 0.3) is 6.08 Å². The van der Waals surface area contributed by atoms with Crippen molar-refractivity contribution in [3.8, 4) is 11.5 Å². The molecule has 0 unspecified atom stereocenters. The van der Waals surface area contributed by atoms with Gasteiger partial charge < -0.3 is 9.47 Å². The molecule has 182 valence electrons. The predicted octanol–water partition coefficient (Wildman–Crippen LogP) is 7.82. The molecular weight excluding hydrogens is 559 g/mol. The number of ether oxygens (including phenoxy) is 2. The number of carbonyl (C=O) groups excluding carboxylic acids is 1. The molecule has 9 heteroatoms. The average molecular weight is 586 g/mol. The molecule has 0 N–H and O–H groups in total. The first kappa shape index (κ1) is 26.9. The smallest absolute Gasteiger partial charge is 0.266 e. The average Bonchev–Trinajstić information content (AvgIpc) is 3.03. The fourth-order valence-electron chi connectivity index (χ4n) is 3.27. The van der Waals surface area contributed by atoms with Crippen LogP contribution in [0.1, 0.15) is 45.7 Å². The first-order chi connectivity index (χ1) is 16.1. The second-order valence-electron chi connectivity index (χ2n) is 8.17. The molecule has 1 aliphatic heterocycles. The van der Waals surface area contributed by atoms with Gasteiger partial charge in [0.1, 0.15) is 6.61 Å². The van der Waals surface area contributed by atoms with Crippen LogP contribution in [0.5, 0.6) is 11.5 Å². The Hall–Kier alpha value is -1.67.